The van der Waals surface area contributed by atoms with Crippen LogP contribution in [0, 0.1) is 0 Å². The van der Waals surface area contributed by atoms with Crippen LogP contribution >= 0.6 is 39.3 Å². The fourth-order valence-corrected chi connectivity index (χ4v) is 4.50. The van der Waals surface area contributed by atoms with Crippen molar-refractivity contribution in [3.63, 3.8) is 0 Å². The smallest absolute Gasteiger partial charge is 0.159 e. The van der Waals surface area contributed by atoms with Gasteiger partial charge in [0, 0.05) is 25.7 Å². The van der Waals surface area contributed by atoms with E-state index in [9.17, 15) is 4.79 Å². The Morgan fingerprint density at radius 3 is 2.57 bits per heavy atom. The molecule has 23 heavy (non-hydrogen) atoms. The van der Waals surface area contributed by atoms with Gasteiger partial charge in [0.05, 0.1) is 10.9 Å². The minimum absolute atomic E-state index is 0.0458. The summed E-state index contributed by atoms with van der Waals surface area (Å²) in [7, 11) is 0. The van der Waals surface area contributed by atoms with Gasteiger partial charge in [0.15, 0.2) is 5.78 Å². The molecule has 0 saturated heterocycles. The molecule has 1 unspecified atom stereocenters. The highest BCUT2D eigenvalue weighted by atomic mass is 79.9. The lowest BCUT2D eigenvalue weighted by Gasteiger charge is -2.18. The number of hydrogen-bond acceptors (Lipinski definition) is 3. The molecule has 118 valence electrons. The molecule has 0 bridgehead atoms. The third kappa shape index (κ3) is 3.49. The van der Waals surface area contributed by atoms with Crippen LogP contribution in [0.25, 0.3) is 0 Å². The number of nitrogens with one attached hydrogen (secondary N) is 1. The van der Waals surface area contributed by atoms with E-state index < -0.39 is 0 Å². The fraction of sp³-hybridized carbons (Fsp3) is 0.167. The van der Waals surface area contributed by atoms with E-state index >= 15 is 0 Å². The summed E-state index contributed by atoms with van der Waals surface area (Å²) in [5, 5.41) is 3.98. The van der Waals surface area contributed by atoms with Crippen molar-refractivity contribution in [2.24, 2.45) is 0 Å². The zero-order valence-corrected chi connectivity index (χ0v) is 15.8. The van der Waals surface area contributed by atoms with Crippen LogP contribution in [0.4, 0.5) is 5.69 Å². The Labute approximate surface area is 153 Å². The van der Waals surface area contributed by atoms with E-state index in [1.165, 1.54) is 0 Å². The first kappa shape index (κ1) is 16.6. The van der Waals surface area contributed by atoms with Crippen LogP contribution in [0.3, 0.4) is 0 Å². The van der Waals surface area contributed by atoms with Gasteiger partial charge >= 0.3 is 0 Å². The number of fused-ring (bicyclic) bond motifs is 1. The zero-order chi connectivity index (χ0) is 16.6. The van der Waals surface area contributed by atoms with Crippen molar-refractivity contribution in [3.05, 3.63) is 68.8 Å². The molecule has 0 saturated carbocycles. The molecular formula is C18H15BrClNOS. The molecule has 1 aliphatic rings. The first-order valence-electron chi connectivity index (χ1n) is 7.16. The van der Waals surface area contributed by atoms with E-state index in [1.54, 1.807) is 18.7 Å². The van der Waals surface area contributed by atoms with Crippen molar-refractivity contribution in [1.29, 1.82) is 0 Å². The van der Waals surface area contributed by atoms with Crippen LogP contribution in [0.1, 0.15) is 24.7 Å². The molecule has 5 heteroatoms. The Balaban J connectivity index is 2.14. The van der Waals surface area contributed by atoms with Crippen molar-refractivity contribution < 1.29 is 4.79 Å². The predicted molar refractivity (Wildman–Crippen MR) is 101 cm³/mol. The number of thioether (sulfide) groups is 1. The van der Waals surface area contributed by atoms with Gasteiger partial charge in [-0.25, -0.2) is 0 Å². The van der Waals surface area contributed by atoms with Crippen LogP contribution in [0.5, 0.6) is 0 Å². The average molecular weight is 409 g/mol. The molecule has 2 nitrogen and oxygen atoms in total. The Morgan fingerprint density at radius 1 is 1.22 bits per heavy atom. The van der Waals surface area contributed by atoms with E-state index in [4.69, 9.17) is 11.6 Å². The highest BCUT2D eigenvalue weighted by Crippen LogP contribution is 2.47. The number of halogens is 2. The van der Waals surface area contributed by atoms with Crippen molar-refractivity contribution in [3.8, 4) is 0 Å². The summed E-state index contributed by atoms with van der Waals surface area (Å²) < 4.78 is 1.02. The lowest BCUT2D eigenvalue weighted by Crippen LogP contribution is -2.10. The van der Waals surface area contributed by atoms with Crippen LogP contribution in [-0.2, 0) is 4.79 Å². The molecule has 0 aliphatic carbocycles. The molecular weight excluding hydrogens is 394 g/mol. The van der Waals surface area contributed by atoms with E-state index in [-0.39, 0.29) is 11.0 Å². The number of carbonyl (C=O) groups excluding carboxylic acids is 1. The number of ketones is 1. The maximum atomic E-state index is 12.3. The molecule has 0 amide bonds. The highest BCUT2D eigenvalue weighted by molar-refractivity contribution is 9.10. The second kappa shape index (κ2) is 6.71. The largest absolute Gasteiger partial charge is 0.358 e. The summed E-state index contributed by atoms with van der Waals surface area (Å²) in [4.78, 5) is 13.4. The normalized spacial score (nSPS) is 17.3. The van der Waals surface area contributed by atoms with Gasteiger partial charge in [-0.15, -0.1) is 11.8 Å². The van der Waals surface area contributed by atoms with E-state index in [2.05, 4.69) is 33.4 Å². The SMILES string of the molecule is CC(=O)C1=C(C)Nc2cc(Cl)ccc2SC1c1ccc(Br)cc1. The van der Waals surface area contributed by atoms with Gasteiger partial charge in [-0.2, -0.15) is 0 Å². The molecule has 1 N–H and O–H groups in total. The Hall–Kier alpha value is -1.23. The Morgan fingerprint density at radius 2 is 1.91 bits per heavy atom. The summed E-state index contributed by atoms with van der Waals surface area (Å²) in [6, 6.07) is 13.9. The van der Waals surface area contributed by atoms with Crippen molar-refractivity contribution >= 4 is 50.8 Å². The number of rotatable bonds is 2. The van der Waals surface area contributed by atoms with Crippen LogP contribution in [-0.4, -0.2) is 5.78 Å². The fourth-order valence-electron chi connectivity index (χ4n) is 2.68. The highest BCUT2D eigenvalue weighted by Gasteiger charge is 2.27. The van der Waals surface area contributed by atoms with E-state index in [1.807, 2.05) is 37.3 Å². The van der Waals surface area contributed by atoms with Gasteiger partial charge in [-0.05, 0) is 49.7 Å². The van der Waals surface area contributed by atoms with Crippen LogP contribution < -0.4 is 5.32 Å². The van der Waals surface area contributed by atoms with Gasteiger partial charge < -0.3 is 5.32 Å². The summed E-state index contributed by atoms with van der Waals surface area (Å²) in [6.45, 7) is 3.56. The first-order chi connectivity index (χ1) is 11.0. The van der Waals surface area contributed by atoms with E-state index in [0.29, 0.717) is 5.02 Å². The zero-order valence-electron chi connectivity index (χ0n) is 12.7. The lowest BCUT2D eigenvalue weighted by molar-refractivity contribution is -0.113. The summed E-state index contributed by atoms with van der Waals surface area (Å²) in [5.41, 5.74) is 3.72. The number of allylic oxidation sites excluding steroid dienone is 1. The Bertz CT molecular complexity index is 801. The molecule has 0 spiro atoms. The van der Waals surface area contributed by atoms with Gasteiger partial charge in [-0.3, -0.25) is 4.79 Å². The number of benzene rings is 2. The Kier molecular flexibility index (Phi) is 4.85. The third-order valence-electron chi connectivity index (χ3n) is 3.73. The minimum atomic E-state index is -0.0458. The second-order valence-electron chi connectivity index (χ2n) is 5.41. The molecule has 3 rings (SSSR count). The van der Waals surface area contributed by atoms with Crippen LogP contribution in [0.15, 0.2) is 63.1 Å². The molecule has 1 atom stereocenters. The number of anilines is 1. The number of carbonyl (C=O) groups is 1. The summed E-state index contributed by atoms with van der Waals surface area (Å²) in [5.74, 6) is 0.0781. The number of Topliss-reactive ketones (excluding diaryl/α,β-unsaturated/α-hetero) is 1. The van der Waals surface area contributed by atoms with E-state index in [0.717, 1.165) is 31.9 Å². The van der Waals surface area contributed by atoms with Gasteiger partial charge in [0.2, 0.25) is 0 Å². The lowest BCUT2D eigenvalue weighted by atomic mass is 9.99. The van der Waals surface area contributed by atoms with Crippen LogP contribution in [0.2, 0.25) is 5.02 Å². The quantitative estimate of drug-likeness (QED) is 0.639. The molecule has 1 aliphatic heterocycles. The first-order valence-corrected chi connectivity index (χ1v) is 9.21. The molecule has 1 heterocycles. The average Bonchev–Trinajstić information content (AvgIpc) is 2.63. The maximum absolute atomic E-state index is 12.3. The molecule has 2 aromatic rings. The molecule has 0 radical (unpaired) electrons. The molecule has 0 fully saturated rings. The maximum Gasteiger partial charge on any atom is 0.159 e. The summed E-state index contributed by atoms with van der Waals surface area (Å²) in [6.07, 6.45) is 0. The van der Waals surface area contributed by atoms with Crippen molar-refractivity contribution in [2.45, 2.75) is 24.0 Å². The van der Waals surface area contributed by atoms with Gasteiger partial charge in [0.1, 0.15) is 0 Å². The van der Waals surface area contributed by atoms with Crippen molar-refractivity contribution in [2.75, 3.05) is 5.32 Å². The minimum Gasteiger partial charge on any atom is -0.358 e. The number of hydrogen-bond donors (Lipinski definition) is 1. The van der Waals surface area contributed by atoms with Crippen molar-refractivity contribution in [1.82, 2.24) is 0 Å². The monoisotopic (exact) mass is 407 g/mol. The molecule has 2 aromatic carbocycles. The second-order valence-corrected chi connectivity index (χ2v) is 7.91. The topological polar surface area (TPSA) is 29.1 Å². The standard InChI is InChI=1S/C18H15BrClNOS/c1-10-17(11(2)22)18(12-3-5-13(19)6-4-12)23-16-8-7-14(20)9-15(16)21-10/h3-9,18,21H,1-2H3. The van der Waals surface area contributed by atoms with Gasteiger partial charge in [-0.1, -0.05) is 39.7 Å². The summed E-state index contributed by atoms with van der Waals surface area (Å²) >= 11 is 11.2. The third-order valence-corrected chi connectivity index (χ3v) is 5.84. The molecule has 0 aromatic heterocycles. The predicted octanol–water partition coefficient (Wildman–Crippen LogP) is 6.22. The van der Waals surface area contributed by atoms with Gasteiger partial charge in [0.25, 0.3) is 0 Å².